The number of carbonyl (C=O) groups excluding carboxylic acids is 2. The standard InChI is InChI=1S/C15H13N3O2S/c16-7-2-4-10-6-8-21-13(10)15(20)18-12-5-1-3-11(9-12)14(17)19/h1,3,5-6,8-9H,7,16H2,(H2,17,19)(H,18,20). The molecule has 6 heteroatoms. The molecule has 0 unspecified atom stereocenters. The number of nitrogens with two attached hydrogens (primary N) is 2. The number of rotatable bonds is 3. The van der Waals surface area contributed by atoms with Crippen LogP contribution in [0.25, 0.3) is 0 Å². The lowest BCUT2D eigenvalue weighted by atomic mass is 10.2. The topological polar surface area (TPSA) is 98.2 Å². The molecule has 0 bridgehead atoms. The number of benzene rings is 1. The van der Waals surface area contributed by atoms with Crippen LogP contribution in [0.1, 0.15) is 25.6 Å². The van der Waals surface area contributed by atoms with Gasteiger partial charge in [-0.2, -0.15) is 0 Å². The second kappa shape index (κ2) is 6.70. The quantitative estimate of drug-likeness (QED) is 0.747. The van der Waals surface area contributed by atoms with Crippen LogP contribution in [0, 0.1) is 11.8 Å². The van der Waals surface area contributed by atoms with Crippen LogP contribution in [-0.4, -0.2) is 18.4 Å². The van der Waals surface area contributed by atoms with E-state index >= 15 is 0 Å². The van der Waals surface area contributed by atoms with Gasteiger partial charge in [0, 0.05) is 16.8 Å². The van der Waals surface area contributed by atoms with Gasteiger partial charge in [0.05, 0.1) is 6.54 Å². The summed E-state index contributed by atoms with van der Waals surface area (Å²) in [6.45, 7) is 0.234. The molecule has 1 heterocycles. The van der Waals surface area contributed by atoms with Gasteiger partial charge in [-0.25, -0.2) is 0 Å². The average molecular weight is 299 g/mol. The smallest absolute Gasteiger partial charge is 0.267 e. The molecule has 0 radical (unpaired) electrons. The van der Waals surface area contributed by atoms with Gasteiger partial charge in [0.15, 0.2) is 0 Å². The molecular weight excluding hydrogens is 286 g/mol. The molecule has 0 saturated heterocycles. The summed E-state index contributed by atoms with van der Waals surface area (Å²) in [5.74, 6) is 4.74. The summed E-state index contributed by atoms with van der Waals surface area (Å²) < 4.78 is 0. The van der Waals surface area contributed by atoms with E-state index in [4.69, 9.17) is 11.5 Å². The fourth-order valence-corrected chi connectivity index (χ4v) is 2.41. The normalized spacial score (nSPS) is 9.57. The van der Waals surface area contributed by atoms with Crippen molar-refractivity contribution in [3.8, 4) is 11.8 Å². The first-order valence-corrected chi connectivity index (χ1v) is 6.97. The van der Waals surface area contributed by atoms with E-state index in [1.54, 1.807) is 29.6 Å². The van der Waals surface area contributed by atoms with Crippen molar-refractivity contribution in [2.24, 2.45) is 11.5 Å². The number of anilines is 1. The molecule has 0 aliphatic heterocycles. The lowest BCUT2D eigenvalue weighted by molar-refractivity contribution is 0.0996. The number of nitrogens with one attached hydrogen (secondary N) is 1. The Labute approximate surface area is 126 Å². The van der Waals surface area contributed by atoms with Crippen molar-refractivity contribution in [1.29, 1.82) is 0 Å². The van der Waals surface area contributed by atoms with Gasteiger partial charge in [0.2, 0.25) is 5.91 Å². The average Bonchev–Trinajstić information content (AvgIpc) is 2.93. The lowest BCUT2D eigenvalue weighted by Gasteiger charge is -2.05. The highest BCUT2D eigenvalue weighted by atomic mass is 32.1. The van der Waals surface area contributed by atoms with E-state index in [9.17, 15) is 9.59 Å². The predicted octanol–water partition coefficient (Wildman–Crippen LogP) is 1.41. The fraction of sp³-hybridized carbons (Fsp3) is 0.0667. The summed E-state index contributed by atoms with van der Waals surface area (Å²) in [5, 5.41) is 4.51. The third kappa shape index (κ3) is 3.69. The molecule has 0 aliphatic rings. The first-order valence-electron chi connectivity index (χ1n) is 6.09. The zero-order valence-corrected chi connectivity index (χ0v) is 11.9. The number of primary amides is 1. The van der Waals surface area contributed by atoms with Crippen LogP contribution in [0.3, 0.4) is 0 Å². The van der Waals surface area contributed by atoms with Crippen LogP contribution in [0.2, 0.25) is 0 Å². The second-order valence-corrected chi connectivity index (χ2v) is 4.98. The maximum Gasteiger partial charge on any atom is 0.267 e. The minimum Gasteiger partial charge on any atom is -0.366 e. The van der Waals surface area contributed by atoms with Crippen LogP contribution >= 0.6 is 11.3 Å². The van der Waals surface area contributed by atoms with Crippen molar-refractivity contribution in [1.82, 2.24) is 0 Å². The summed E-state index contributed by atoms with van der Waals surface area (Å²) in [4.78, 5) is 23.8. The molecule has 5 N–H and O–H groups in total. The molecule has 0 atom stereocenters. The predicted molar refractivity (Wildman–Crippen MR) is 83.2 cm³/mol. The molecular formula is C15H13N3O2S. The van der Waals surface area contributed by atoms with Gasteiger partial charge < -0.3 is 16.8 Å². The van der Waals surface area contributed by atoms with Crippen LogP contribution in [0.15, 0.2) is 35.7 Å². The molecule has 5 nitrogen and oxygen atoms in total. The second-order valence-electron chi connectivity index (χ2n) is 4.07. The molecule has 0 aliphatic carbocycles. The number of hydrogen-bond acceptors (Lipinski definition) is 4. The summed E-state index contributed by atoms with van der Waals surface area (Å²) in [5.41, 5.74) is 12.0. The Balaban J connectivity index is 2.20. The fourth-order valence-electron chi connectivity index (χ4n) is 1.67. The van der Waals surface area contributed by atoms with Gasteiger partial charge in [-0.1, -0.05) is 17.9 Å². The third-order valence-electron chi connectivity index (χ3n) is 2.60. The molecule has 106 valence electrons. The molecule has 2 aromatic rings. The van der Waals surface area contributed by atoms with Gasteiger partial charge in [0.25, 0.3) is 5.91 Å². The minimum absolute atomic E-state index is 0.234. The van der Waals surface area contributed by atoms with Crippen LogP contribution in [0.5, 0.6) is 0 Å². The van der Waals surface area contributed by atoms with Crippen LogP contribution in [-0.2, 0) is 0 Å². The number of amides is 2. The van der Waals surface area contributed by atoms with E-state index < -0.39 is 5.91 Å². The summed E-state index contributed by atoms with van der Waals surface area (Å²) in [6.07, 6.45) is 0. The Morgan fingerprint density at radius 2 is 2.10 bits per heavy atom. The lowest BCUT2D eigenvalue weighted by Crippen LogP contribution is -2.14. The van der Waals surface area contributed by atoms with E-state index in [1.807, 2.05) is 0 Å². The zero-order valence-electron chi connectivity index (χ0n) is 11.1. The summed E-state index contributed by atoms with van der Waals surface area (Å²) in [6, 6.07) is 8.21. The van der Waals surface area contributed by atoms with Gasteiger partial charge in [-0.15, -0.1) is 11.3 Å². The largest absolute Gasteiger partial charge is 0.366 e. The Bertz CT molecular complexity index is 741. The first-order chi connectivity index (χ1) is 10.1. The molecule has 2 amide bonds. The van der Waals surface area contributed by atoms with E-state index in [0.717, 1.165) is 0 Å². The molecule has 0 fully saturated rings. The number of carbonyl (C=O) groups is 2. The molecule has 21 heavy (non-hydrogen) atoms. The van der Waals surface area contributed by atoms with Crippen LogP contribution < -0.4 is 16.8 Å². The van der Waals surface area contributed by atoms with E-state index in [-0.39, 0.29) is 12.5 Å². The van der Waals surface area contributed by atoms with Crippen molar-refractivity contribution in [2.75, 3.05) is 11.9 Å². The maximum absolute atomic E-state index is 12.2. The SMILES string of the molecule is NCC#Cc1ccsc1C(=O)Nc1cccc(C(N)=O)c1. The van der Waals surface area contributed by atoms with E-state index in [1.165, 1.54) is 17.4 Å². The van der Waals surface area contributed by atoms with Crippen molar-refractivity contribution >= 4 is 28.8 Å². The van der Waals surface area contributed by atoms with Gasteiger partial charge >= 0.3 is 0 Å². The maximum atomic E-state index is 12.2. The van der Waals surface area contributed by atoms with E-state index in [0.29, 0.717) is 21.7 Å². The molecule has 2 rings (SSSR count). The molecule has 0 saturated carbocycles. The highest BCUT2D eigenvalue weighted by molar-refractivity contribution is 7.12. The number of hydrogen-bond donors (Lipinski definition) is 3. The van der Waals surface area contributed by atoms with Crippen molar-refractivity contribution in [3.05, 3.63) is 51.7 Å². The Morgan fingerprint density at radius 1 is 1.29 bits per heavy atom. The Hall–Kier alpha value is -2.62. The van der Waals surface area contributed by atoms with Crippen molar-refractivity contribution in [3.63, 3.8) is 0 Å². The van der Waals surface area contributed by atoms with Gasteiger partial charge in [-0.3, -0.25) is 9.59 Å². The zero-order chi connectivity index (χ0) is 15.2. The summed E-state index contributed by atoms with van der Waals surface area (Å²) >= 11 is 1.29. The highest BCUT2D eigenvalue weighted by Gasteiger charge is 2.12. The number of thiophene rings is 1. The first kappa shape index (κ1) is 14.8. The van der Waals surface area contributed by atoms with E-state index in [2.05, 4.69) is 17.2 Å². The van der Waals surface area contributed by atoms with Gasteiger partial charge in [0.1, 0.15) is 4.88 Å². The van der Waals surface area contributed by atoms with Gasteiger partial charge in [-0.05, 0) is 29.6 Å². The van der Waals surface area contributed by atoms with Crippen LogP contribution in [0.4, 0.5) is 5.69 Å². The third-order valence-corrected chi connectivity index (χ3v) is 3.51. The molecule has 1 aromatic heterocycles. The van der Waals surface area contributed by atoms with Crippen molar-refractivity contribution in [2.45, 2.75) is 0 Å². The molecule has 0 spiro atoms. The monoisotopic (exact) mass is 299 g/mol. The minimum atomic E-state index is -0.545. The Kier molecular flexibility index (Phi) is 4.72. The molecule has 1 aromatic carbocycles. The highest BCUT2D eigenvalue weighted by Crippen LogP contribution is 2.18. The van der Waals surface area contributed by atoms with Crippen molar-refractivity contribution < 1.29 is 9.59 Å². The summed E-state index contributed by atoms with van der Waals surface area (Å²) in [7, 11) is 0. The Morgan fingerprint density at radius 3 is 2.81 bits per heavy atom.